The van der Waals surface area contributed by atoms with Gasteiger partial charge in [-0.25, -0.2) is 4.99 Å². The smallest absolute Gasteiger partial charge is 0.246 e. The minimum absolute atomic E-state index is 0.0515. The van der Waals surface area contributed by atoms with E-state index in [2.05, 4.69) is 64.8 Å². The highest BCUT2D eigenvalue weighted by Gasteiger charge is 2.26. The molecule has 2 aromatic rings. The Kier molecular flexibility index (Phi) is 11.1. The molecule has 0 unspecified atom stereocenters. The summed E-state index contributed by atoms with van der Waals surface area (Å²) in [4.78, 5) is 22.7. The summed E-state index contributed by atoms with van der Waals surface area (Å²) in [5.74, 6) is 0.0515. The normalized spacial score (nSPS) is 14.9. The molecule has 5 N–H and O–H groups in total. The zero-order valence-electron chi connectivity index (χ0n) is 24.0. The van der Waals surface area contributed by atoms with E-state index in [0.717, 1.165) is 64.9 Å². The van der Waals surface area contributed by atoms with Crippen molar-refractivity contribution >= 4 is 46.2 Å². The standard InChI is InChI=1S/C32H41N7OS/c1-3-38(4-2)16-9-12-31(40)39-17-15-27-28(32(37-23-34)41-30(27)22-39)21-35-26-13-14-29(25(18-26)19-33)36-20-24-10-7-5-6-8-11-24/h5-7,9-14,18-19,23,33,35-36H,3-4,8,15-17,20-22H2,1-2H3,(H2,34,37)/b12-9+,33-19?. The summed E-state index contributed by atoms with van der Waals surface area (Å²) >= 11 is 1.60. The third kappa shape index (κ3) is 8.05. The molecule has 1 aromatic heterocycles. The van der Waals surface area contributed by atoms with Gasteiger partial charge in [-0.2, -0.15) is 0 Å². The Morgan fingerprint density at radius 1 is 1.22 bits per heavy atom. The Hall–Kier alpha value is -3.95. The van der Waals surface area contributed by atoms with Gasteiger partial charge in [-0.05, 0) is 55.3 Å². The van der Waals surface area contributed by atoms with E-state index in [4.69, 9.17) is 11.1 Å². The van der Waals surface area contributed by atoms with Crippen LogP contribution in [0.3, 0.4) is 0 Å². The van der Waals surface area contributed by atoms with Gasteiger partial charge in [0.15, 0.2) is 0 Å². The highest BCUT2D eigenvalue weighted by molar-refractivity contribution is 7.16. The summed E-state index contributed by atoms with van der Waals surface area (Å²) in [5.41, 5.74) is 12.0. The van der Waals surface area contributed by atoms with Gasteiger partial charge in [0.25, 0.3) is 0 Å². The van der Waals surface area contributed by atoms with Crippen LogP contribution in [0.5, 0.6) is 0 Å². The minimum atomic E-state index is 0.0515. The molecule has 0 saturated carbocycles. The maximum atomic E-state index is 12.9. The monoisotopic (exact) mass is 571 g/mol. The number of rotatable bonds is 13. The van der Waals surface area contributed by atoms with Crippen molar-refractivity contribution in [2.45, 2.75) is 39.8 Å². The number of nitrogens with one attached hydrogen (secondary N) is 3. The van der Waals surface area contributed by atoms with E-state index in [-0.39, 0.29) is 5.91 Å². The highest BCUT2D eigenvalue weighted by Crippen LogP contribution is 2.39. The molecular formula is C32H41N7OS. The van der Waals surface area contributed by atoms with Crippen LogP contribution in [-0.4, -0.2) is 61.0 Å². The molecule has 0 bridgehead atoms. The molecule has 0 radical (unpaired) electrons. The van der Waals surface area contributed by atoms with E-state index >= 15 is 0 Å². The molecule has 2 aliphatic rings. The Balaban J connectivity index is 1.41. The van der Waals surface area contributed by atoms with Gasteiger partial charge >= 0.3 is 0 Å². The van der Waals surface area contributed by atoms with E-state index < -0.39 is 0 Å². The number of allylic oxidation sites excluding steroid dienone is 4. The predicted octanol–water partition coefficient (Wildman–Crippen LogP) is 5.61. The summed E-state index contributed by atoms with van der Waals surface area (Å²) < 4.78 is 0. The Morgan fingerprint density at radius 3 is 2.85 bits per heavy atom. The number of hydrogen-bond donors (Lipinski definition) is 4. The first-order valence-corrected chi connectivity index (χ1v) is 15.1. The summed E-state index contributed by atoms with van der Waals surface area (Å²) in [6.07, 6.45) is 18.7. The molecule has 1 aromatic carbocycles. The van der Waals surface area contributed by atoms with Crippen molar-refractivity contribution in [3.8, 4) is 0 Å². The topological polar surface area (TPSA) is 110 Å². The summed E-state index contributed by atoms with van der Waals surface area (Å²) in [6.45, 7) is 9.54. The van der Waals surface area contributed by atoms with Crippen molar-refractivity contribution in [2.75, 3.05) is 43.4 Å². The lowest BCUT2D eigenvalue weighted by atomic mass is 10.0. The fourth-order valence-corrected chi connectivity index (χ4v) is 6.22. The van der Waals surface area contributed by atoms with Crippen LogP contribution in [0.15, 0.2) is 71.3 Å². The number of anilines is 2. The second-order valence-corrected chi connectivity index (χ2v) is 11.0. The van der Waals surface area contributed by atoms with E-state index in [9.17, 15) is 4.79 Å². The van der Waals surface area contributed by atoms with E-state index in [1.165, 1.54) is 23.7 Å². The number of benzene rings is 1. The van der Waals surface area contributed by atoms with Crippen LogP contribution in [0.2, 0.25) is 0 Å². The van der Waals surface area contributed by atoms with Gasteiger partial charge in [-0.15, -0.1) is 11.3 Å². The van der Waals surface area contributed by atoms with E-state index in [1.54, 1.807) is 17.4 Å². The van der Waals surface area contributed by atoms with Crippen molar-refractivity contribution in [3.05, 3.63) is 87.9 Å². The molecule has 1 aliphatic carbocycles. The molecule has 41 heavy (non-hydrogen) atoms. The number of thiophene rings is 1. The zero-order valence-corrected chi connectivity index (χ0v) is 24.8. The highest BCUT2D eigenvalue weighted by atomic mass is 32.1. The van der Waals surface area contributed by atoms with Gasteiger partial charge in [0.05, 0.1) is 12.9 Å². The number of amides is 1. The van der Waals surface area contributed by atoms with Gasteiger partial charge < -0.3 is 31.6 Å². The average Bonchev–Trinajstić information content (AvgIpc) is 3.14. The number of nitrogens with two attached hydrogens (primary N) is 1. The van der Waals surface area contributed by atoms with Crippen molar-refractivity contribution in [1.82, 2.24) is 9.80 Å². The molecule has 9 heteroatoms. The van der Waals surface area contributed by atoms with Crippen LogP contribution in [0.25, 0.3) is 0 Å². The minimum Gasteiger partial charge on any atom is -0.390 e. The molecular weight excluding hydrogens is 530 g/mol. The number of likely N-dealkylation sites (N-methyl/N-ethyl adjacent to an activating group) is 1. The summed E-state index contributed by atoms with van der Waals surface area (Å²) in [7, 11) is 0. The molecule has 0 atom stereocenters. The first kappa shape index (κ1) is 30.0. The quantitative estimate of drug-likeness (QED) is 0.142. The zero-order chi connectivity index (χ0) is 29.0. The number of fused-ring (bicyclic) bond motifs is 1. The Morgan fingerprint density at radius 2 is 2.07 bits per heavy atom. The molecule has 0 spiro atoms. The largest absolute Gasteiger partial charge is 0.390 e. The third-order valence-electron chi connectivity index (χ3n) is 7.40. The van der Waals surface area contributed by atoms with Crippen molar-refractivity contribution in [3.63, 3.8) is 0 Å². The maximum Gasteiger partial charge on any atom is 0.246 e. The second-order valence-electron chi connectivity index (χ2n) is 9.92. The second kappa shape index (κ2) is 15.2. The van der Waals surface area contributed by atoms with Gasteiger partial charge in [-0.1, -0.05) is 50.3 Å². The summed E-state index contributed by atoms with van der Waals surface area (Å²) in [5, 5.41) is 15.8. The van der Waals surface area contributed by atoms with Crippen LogP contribution in [0.1, 0.15) is 41.8 Å². The molecule has 1 amide bonds. The molecule has 2 heterocycles. The van der Waals surface area contributed by atoms with Crippen LogP contribution >= 0.6 is 11.3 Å². The van der Waals surface area contributed by atoms with Crippen molar-refractivity contribution < 1.29 is 4.79 Å². The molecule has 0 fully saturated rings. The van der Waals surface area contributed by atoms with Gasteiger partial charge in [0.1, 0.15) is 5.00 Å². The van der Waals surface area contributed by atoms with Crippen molar-refractivity contribution in [1.29, 1.82) is 5.41 Å². The van der Waals surface area contributed by atoms with Gasteiger partial charge in [0.2, 0.25) is 5.91 Å². The van der Waals surface area contributed by atoms with E-state index in [1.807, 2.05) is 29.2 Å². The van der Waals surface area contributed by atoms with Gasteiger partial charge in [0, 0.05) is 65.8 Å². The SMILES string of the molecule is CCN(CC)C/C=C/C(=O)N1CCc2c(sc(/N=C\N)c2CNc2ccc(NCC3=CCC=CC=C3)c(C=N)c2)C1. The third-order valence-corrected chi connectivity index (χ3v) is 8.57. The number of carbonyl (C=O) groups is 1. The number of aliphatic imine (C=N–C) groups is 1. The van der Waals surface area contributed by atoms with Crippen LogP contribution in [-0.2, 0) is 24.3 Å². The molecule has 8 nitrogen and oxygen atoms in total. The maximum absolute atomic E-state index is 12.9. The fourth-order valence-electron chi connectivity index (χ4n) is 4.98. The molecule has 216 valence electrons. The van der Waals surface area contributed by atoms with Crippen LogP contribution in [0.4, 0.5) is 16.4 Å². The number of carbonyl (C=O) groups excluding carboxylic acids is 1. The Labute approximate surface area is 247 Å². The van der Waals surface area contributed by atoms with Gasteiger partial charge in [-0.3, -0.25) is 4.79 Å². The average molecular weight is 572 g/mol. The number of nitrogens with zero attached hydrogens (tertiary/aromatic N) is 3. The van der Waals surface area contributed by atoms with Crippen LogP contribution < -0.4 is 16.4 Å². The molecule has 1 aliphatic heterocycles. The first-order valence-electron chi connectivity index (χ1n) is 14.3. The lowest BCUT2D eigenvalue weighted by Crippen LogP contribution is -2.34. The van der Waals surface area contributed by atoms with Crippen LogP contribution in [0, 0.1) is 5.41 Å². The van der Waals surface area contributed by atoms with E-state index in [0.29, 0.717) is 26.2 Å². The lowest BCUT2D eigenvalue weighted by Gasteiger charge is -2.26. The predicted molar refractivity (Wildman–Crippen MR) is 174 cm³/mol. The molecule has 0 saturated heterocycles. The lowest BCUT2D eigenvalue weighted by molar-refractivity contribution is -0.126. The first-order chi connectivity index (χ1) is 20.1. The Bertz CT molecular complexity index is 1360. The fraction of sp³-hybridized carbons (Fsp3) is 0.344. The molecule has 4 rings (SSSR count). The van der Waals surface area contributed by atoms with Crippen molar-refractivity contribution in [2.24, 2.45) is 10.7 Å². The number of hydrogen-bond acceptors (Lipinski definition) is 7. The summed E-state index contributed by atoms with van der Waals surface area (Å²) in [6, 6.07) is 6.04.